The van der Waals surface area contributed by atoms with Crippen molar-refractivity contribution in [1.82, 2.24) is 4.98 Å². The Labute approximate surface area is 109 Å². The van der Waals surface area contributed by atoms with Crippen molar-refractivity contribution in [2.75, 3.05) is 20.8 Å². The fourth-order valence-corrected chi connectivity index (χ4v) is 1.67. The molecule has 0 N–H and O–H groups in total. The van der Waals surface area contributed by atoms with Crippen molar-refractivity contribution < 1.29 is 14.2 Å². The number of ether oxygens (including phenoxy) is 3. The number of rotatable bonds is 9. The Balaban J connectivity index is 2.37. The quantitative estimate of drug-likeness (QED) is 0.632. The average molecular weight is 253 g/mol. The van der Waals surface area contributed by atoms with Crippen LogP contribution in [0.5, 0.6) is 17.5 Å². The van der Waals surface area contributed by atoms with Crippen molar-refractivity contribution >= 4 is 0 Å². The van der Waals surface area contributed by atoms with Crippen LogP contribution in [0.1, 0.15) is 39.0 Å². The highest BCUT2D eigenvalue weighted by atomic mass is 16.5. The molecule has 0 spiro atoms. The number of aromatic nitrogens is 1. The summed E-state index contributed by atoms with van der Waals surface area (Å²) in [6.07, 6.45) is 6.11. The molecule has 102 valence electrons. The molecule has 18 heavy (non-hydrogen) atoms. The van der Waals surface area contributed by atoms with E-state index in [9.17, 15) is 0 Å². The molecule has 1 heterocycles. The molecule has 4 nitrogen and oxygen atoms in total. The minimum Gasteiger partial charge on any atom is -0.488 e. The van der Waals surface area contributed by atoms with Crippen molar-refractivity contribution in [3.8, 4) is 17.5 Å². The molecule has 0 saturated heterocycles. The summed E-state index contributed by atoms with van der Waals surface area (Å²) < 4.78 is 15.9. The van der Waals surface area contributed by atoms with Gasteiger partial charge in [-0.25, -0.2) is 0 Å². The number of hydrogen-bond donors (Lipinski definition) is 0. The first-order valence-corrected chi connectivity index (χ1v) is 6.53. The molecule has 1 rings (SSSR count). The minimum absolute atomic E-state index is 0.475. The van der Waals surface area contributed by atoms with Crippen molar-refractivity contribution in [3.63, 3.8) is 0 Å². The van der Waals surface area contributed by atoms with Gasteiger partial charge in [0.1, 0.15) is 0 Å². The van der Waals surface area contributed by atoms with E-state index in [0.29, 0.717) is 24.1 Å². The molecular formula is C14H23NO3. The highest BCUT2D eigenvalue weighted by Crippen LogP contribution is 2.27. The van der Waals surface area contributed by atoms with Crippen LogP contribution in [0.4, 0.5) is 0 Å². The lowest BCUT2D eigenvalue weighted by Crippen LogP contribution is -2.01. The molecule has 0 aliphatic rings. The van der Waals surface area contributed by atoms with Crippen LogP contribution in [0.2, 0.25) is 0 Å². The second kappa shape index (κ2) is 8.61. The van der Waals surface area contributed by atoms with Crippen LogP contribution >= 0.6 is 0 Å². The molecule has 4 heteroatoms. The summed E-state index contributed by atoms with van der Waals surface area (Å²) in [5, 5.41) is 0. The molecule has 0 aromatic carbocycles. The van der Waals surface area contributed by atoms with E-state index >= 15 is 0 Å². The Kier molecular flexibility index (Phi) is 6.99. The molecule has 0 fully saturated rings. The standard InChI is InChI=1S/C14H23NO3/c1-4-5-6-7-8-11-18-12-9-10-13(16-2)15-14(12)17-3/h9-10H,4-8,11H2,1-3H3. The van der Waals surface area contributed by atoms with Crippen LogP contribution in [-0.2, 0) is 0 Å². The summed E-state index contributed by atoms with van der Waals surface area (Å²) in [5.74, 6) is 1.68. The zero-order valence-electron chi connectivity index (χ0n) is 11.6. The number of nitrogens with zero attached hydrogens (tertiary/aromatic N) is 1. The Morgan fingerprint density at radius 1 is 1.00 bits per heavy atom. The van der Waals surface area contributed by atoms with E-state index in [0.717, 1.165) is 6.42 Å². The number of pyridine rings is 1. The second-order valence-corrected chi connectivity index (χ2v) is 4.12. The van der Waals surface area contributed by atoms with Crippen molar-refractivity contribution in [2.24, 2.45) is 0 Å². The Bertz CT molecular complexity index is 342. The van der Waals surface area contributed by atoms with Crippen LogP contribution in [0.3, 0.4) is 0 Å². The van der Waals surface area contributed by atoms with Crippen LogP contribution in [0.25, 0.3) is 0 Å². The molecule has 1 aromatic heterocycles. The zero-order valence-corrected chi connectivity index (χ0v) is 11.6. The third-order valence-corrected chi connectivity index (χ3v) is 2.71. The maximum absolute atomic E-state index is 5.66. The molecule has 0 atom stereocenters. The first-order valence-electron chi connectivity index (χ1n) is 6.53. The van der Waals surface area contributed by atoms with Gasteiger partial charge in [0.15, 0.2) is 5.75 Å². The maximum Gasteiger partial charge on any atom is 0.260 e. The van der Waals surface area contributed by atoms with Crippen LogP contribution in [0.15, 0.2) is 12.1 Å². The van der Waals surface area contributed by atoms with E-state index in [1.807, 2.05) is 6.07 Å². The molecule has 0 saturated carbocycles. The van der Waals surface area contributed by atoms with Gasteiger partial charge < -0.3 is 14.2 Å². The highest BCUT2D eigenvalue weighted by molar-refractivity contribution is 5.36. The monoisotopic (exact) mass is 253 g/mol. The summed E-state index contributed by atoms with van der Waals surface area (Å²) in [6.45, 7) is 2.92. The molecule has 0 radical (unpaired) electrons. The molecular weight excluding hydrogens is 230 g/mol. The predicted molar refractivity (Wildman–Crippen MR) is 71.6 cm³/mol. The molecule has 1 aromatic rings. The Morgan fingerprint density at radius 2 is 1.78 bits per heavy atom. The van der Waals surface area contributed by atoms with Gasteiger partial charge in [0.25, 0.3) is 5.88 Å². The van der Waals surface area contributed by atoms with Gasteiger partial charge in [-0.15, -0.1) is 0 Å². The lowest BCUT2D eigenvalue weighted by Gasteiger charge is -2.10. The van der Waals surface area contributed by atoms with Gasteiger partial charge >= 0.3 is 0 Å². The SMILES string of the molecule is CCCCCCCOc1ccc(OC)nc1OC. The van der Waals surface area contributed by atoms with Gasteiger partial charge in [-0.2, -0.15) is 4.98 Å². The summed E-state index contributed by atoms with van der Waals surface area (Å²) in [4.78, 5) is 4.17. The fourth-order valence-electron chi connectivity index (χ4n) is 1.67. The van der Waals surface area contributed by atoms with Gasteiger partial charge in [-0.05, 0) is 12.5 Å². The minimum atomic E-state index is 0.475. The Morgan fingerprint density at radius 3 is 2.44 bits per heavy atom. The molecule has 0 aliphatic carbocycles. The molecule has 0 aliphatic heterocycles. The number of unbranched alkanes of at least 4 members (excludes halogenated alkanes) is 4. The third kappa shape index (κ3) is 4.82. The van der Waals surface area contributed by atoms with Crippen molar-refractivity contribution in [1.29, 1.82) is 0 Å². The molecule has 0 unspecified atom stereocenters. The smallest absolute Gasteiger partial charge is 0.260 e. The topological polar surface area (TPSA) is 40.6 Å². The maximum atomic E-state index is 5.66. The van der Waals surface area contributed by atoms with E-state index < -0.39 is 0 Å². The number of methoxy groups -OCH3 is 2. The lowest BCUT2D eigenvalue weighted by atomic mass is 10.2. The highest BCUT2D eigenvalue weighted by Gasteiger charge is 2.07. The normalized spacial score (nSPS) is 10.2. The van der Waals surface area contributed by atoms with Gasteiger partial charge in [0.2, 0.25) is 5.88 Å². The summed E-state index contributed by atoms with van der Waals surface area (Å²) in [5.41, 5.74) is 0. The van der Waals surface area contributed by atoms with Crippen LogP contribution in [-0.4, -0.2) is 25.8 Å². The first kappa shape index (κ1) is 14.6. The van der Waals surface area contributed by atoms with Crippen molar-refractivity contribution in [2.45, 2.75) is 39.0 Å². The average Bonchev–Trinajstić information content (AvgIpc) is 2.42. The van der Waals surface area contributed by atoms with E-state index in [4.69, 9.17) is 14.2 Å². The Hall–Kier alpha value is -1.45. The summed E-state index contributed by atoms with van der Waals surface area (Å²) in [6, 6.07) is 3.60. The lowest BCUT2D eigenvalue weighted by molar-refractivity contribution is 0.276. The summed E-state index contributed by atoms with van der Waals surface area (Å²) >= 11 is 0. The molecule has 0 amide bonds. The predicted octanol–water partition coefficient (Wildman–Crippen LogP) is 3.45. The van der Waals surface area contributed by atoms with Gasteiger partial charge in [0.05, 0.1) is 20.8 Å². The second-order valence-electron chi connectivity index (χ2n) is 4.12. The number of hydrogen-bond acceptors (Lipinski definition) is 4. The van der Waals surface area contributed by atoms with E-state index in [2.05, 4.69) is 11.9 Å². The van der Waals surface area contributed by atoms with Crippen LogP contribution < -0.4 is 14.2 Å². The van der Waals surface area contributed by atoms with Gasteiger partial charge in [0, 0.05) is 6.07 Å². The van der Waals surface area contributed by atoms with Gasteiger partial charge in [-0.1, -0.05) is 32.6 Å². The fraction of sp³-hybridized carbons (Fsp3) is 0.643. The van der Waals surface area contributed by atoms with Gasteiger partial charge in [-0.3, -0.25) is 0 Å². The van der Waals surface area contributed by atoms with E-state index in [1.54, 1.807) is 20.3 Å². The third-order valence-electron chi connectivity index (χ3n) is 2.71. The molecule has 0 bridgehead atoms. The largest absolute Gasteiger partial charge is 0.488 e. The van der Waals surface area contributed by atoms with E-state index in [1.165, 1.54) is 25.7 Å². The van der Waals surface area contributed by atoms with Crippen LogP contribution in [0, 0.1) is 0 Å². The first-order chi connectivity index (χ1) is 8.81. The summed E-state index contributed by atoms with van der Waals surface area (Å²) in [7, 11) is 3.16. The van der Waals surface area contributed by atoms with E-state index in [-0.39, 0.29) is 0 Å². The van der Waals surface area contributed by atoms with Crippen molar-refractivity contribution in [3.05, 3.63) is 12.1 Å². The zero-order chi connectivity index (χ0) is 13.2.